The minimum atomic E-state index is -2.94. The third-order valence-corrected chi connectivity index (χ3v) is 6.11. The quantitative estimate of drug-likeness (QED) is 0.699. The van der Waals surface area contributed by atoms with Crippen molar-refractivity contribution in [2.75, 3.05) is 5.75 Å². The van der Waals surface area contributed by atoms with Crippen molar-refractivity contribution in [3.63, 3.8) is 0 Å². The highest BCUT2D eigenvalue weighted by Crippen LogP contribution is 2.21. The maximum atomic E-state index is 11.8. The fourth-order valence-corrected chi connectivity index (χ4v) is 3.66. The molecule has 0 aromatic heterocycles. The van der Waals surface area contributed by atoms with Crippen LogP contribution in [0.15, 0.2) is 0 Å². The molecule has 0 aliphatic rings. The van der Waals surface area contributed by atoms with Gasteiger partial charge in [-0.15, -0.1) is 0 Å². The Morgan fingerprint density at radius 2 is 1.69 bits per heavy atom. The molecule has 0 saturated carbocycles. The molecule has 2 nitrogen and oxygen atoms in total. The van der Waals surface area contributed by atoms with E-state index in [1.54, 1.807) is 20.8 Å². The van der Waals surface area contributed by atoms with E-state index >= 15 is 0 Å². The summed E-state index contributed by atoms with van der Waals surface area (Å²) in [6.45, 7) is 9.66. The van der Waals surface area contributed by atoms with Crippen LogP contribution in [0.3, 0.4) is 0 Å². The van der Waals surface area contributed by atoms with Crippen LogP contribution < -0.4 is 0 Å². The Morgan fingerprint density at radius 3 is 2.06 bits per heavy atom. The molecule has 1 unspecified atom stereocenters. The lowest BCUT2D eigenvalue weighted by Crippen LogP contribution is -2.30. The molecule has 4 heteroatoms. The van der Waals surface area contributed by atoms with Crippen molar-refractivity contribution in [3.05, 3.63) is 0 Å². The van der Waals surface area contributed by atoms with Gasteiger partial charge in [0.25, 0.3) is 0 Å². The molecule has 98 valence electrons. The van der Waals surface area contributed by atoms with E-state index in [4.69, 9.17) is 0 Å². The number of alkyl halides is 1. The molecule has 0 spiro atoms. The molecule has 0 saturated heterocycles. The normalized spacial score (nSPS) is 15.4. The van der Waals surface area contributed by atoms with E-state index in [0.717, 1.165) is 19.3 Å². The lowest BCUT2D eigenvalue weighted by Gasteiger charge is -2.19. The first-order chi connectivity index (χ1) is 7.06. The Morgan fingerprint density at radius 1 is 1.19 bits per heavy atom. The molecule has 0 aromatic rings. The van der Waals surface area contributed by atoms with E-state index in [1.165, 1.54) is 0 Å². The lowest BCUT2D eigenvalue weighted by atomic mass is 10.1. The second-order valence-electron chi connectivity index (χ2n) is 5.80. The van der Waals surface area contributed by atoms with Gasteiger partial charge in [-0.1, -0.05) is 29.8 Å². The van der Waals surface area contributed by atoms with Crippen LogP contribution >= 0.6 is 15.9 Å². The highest BCUT2D eigenvalue weighted by molar-refractivity contribution is 9.09. The molecule has 0 fully saturated rings. The van der Waals surface area contributed by atoms with E-state index in [9.17, 15) is 8.42 Å². The minimum absolute atomic E-state index is 0.302. The SMILES string of the molecule is CC(C)CC(Br)CCCS(=O)(=O)C(C)(C)C. The Kier molecular flexibility index (Phi) is 6.56. The van der Waals surface area contributed by atoms with Gasteiger partial charge in [0.05, 0.1) is 10.5 Å². The third-order valence-electron chi connectivity index (χ3n) is 2.59. The van der Waals surface area contributed by atoms with Gasteiger partial charge in [0, 0.05) is 4.83 Å². The van der Waals surface area contributed by atoms with Crippen LogP contribution in [0.25, 0.3) is 0 Å². The van der Waals surface area contributed by atoms with E-state index in [1.807, 2.05) is 0 Å². The summed E-state index contributed by atoms with van der Waals surface area (Å²) in [7, 11) is -2.94. The fourth-order valence-electron chi connectivity index (χ4n) is 1.43. The van der Waals surface area contributed by atoms with Crippen molar-refractivity contribution in [3.8, 4) is 0 Å². The fraction of sp³-hybridized carbons (Fsp3) is 1.00. The second kappa shape index (κ2) is 6.39. The predicted octanol–water partition coefficient (Wildman–Crippen LogP) is 3.79. The highest BCUT2D eigenvalue weighted by atomic mass is 79.9. The highest BCUT2D eigenvalue weighted by Gasteiger charge is 2.28. The van der Waals surface area contributed by atoms with Gasteiger partial charge in [-0.3, -0.25) is 0 Å². The van der Waals surface area contributed by atoms with Crippen LogP contribution in [-0.4, -0.2) is 23.7 Å². The maximum Gasteiger partial charge on any atom is 0.155 e. The van der Waals surface area contributed by atoms with Gasteiger partial charge in [0.15, 0.2) is 9.84 Å². The van der Waals surface area contributed by atoms with Crippen LogP contribution in [-0.2, 0) is 9.84 Å². The average Bonchev–Trinajstić information content (AvgIpc) is 1.99. The number of rotatable bonds is 6. The summed E-state index contributed by atoms with van der Waals surface area (Å²) < 4.78 is 23.1. The monoisotopic (exact) mass is 312 g/mol. The molecule has 0 heterocycles. The molecule has 0 rings (SSSR count). The Hall–Kier alpha value is 0.430. The number of hydrogen-bond donors (Lipinski definition) is 0. The zero-order chi connectivity index (χ0) is 13.0. The van der Waals surface area contributed by atoms with E-state index in [-0.39, 0.29) is 0 Å². The number of hydrogen-bond acceptors (Lipinski definition) is 2. The average molecular weight is 313 g/mol. The molecule has 0 bridgehead atoms. The number of halogens is 1. The van der Waals surface area contributed by atoms with Crippen molar-refractivity contribution in [2.24, 2.45) is 5.92 Å². The smallest absolute Gasteiger partial charge is 0.155 e. The molecule has 0 N–H and O–H groups in total. The lowest BCUT2D eigenvalue weighted by molar-refractivity contribution is 0.538. The summed E-state index contributed by atoms with van der Waals surface area (Å²) in [4.78, 5) is 0.447. The first kappa shape index (κ1) is 16.4. The molecule has 0 aromatic carbocycles. The van der Waals surface area contributed by atoms with Gasteiger partial charge in [0.2, 0.25) is 0 Å². The van der Waals surface area contributed by atoms with Crippen LogP contribution in [0, 0.1) is 5.92 Å². The summed E-state index contributed by atoms with van der Waals surface area (Å²) >= 11 is 3.60. The second-order valence-corrected chi connectivity index (χ2v) is 9.96. The van der Waals surface area contributed by atoms with E-state index in [2.05, 4.69) is 29.8 Å². The summed E-state index contributed by atoms with van der Waals surface area (Å²) in [5, 5.41) is 0. The maximum absolute atomic E-state index is 11.8. The Balaban J connectivity index is 4.00. The summed E-state index contributed by atoms with van der Waals surface area (Å²) in [6.07, 6.45) is 2.80. The first-order valence-electron chi connectivity index (χ1n) is 5.92. The molecular formula is C12H25BrO2S. The minimum Gasteiger partial charge on any atom is -0.228 e. The molecule has 0 aliphatic heterocycles. The zero-order valence-electron chi connectivity index (χ0n) is 11.1. The molecular weight excluding hydrogens is 288 g/mol. The van der Waals surface area contributed by atoms with E-state index in [0.29, 0.717) is 16.5 Å². The molecule has 16 heavy (non-hydrogen) atoms. The molecule has 0 aliphatic carbocycles. The predicted molar refractivity (Wildman–Crippen MR) is 74.9 cm³/mol. The summed E-state index contributed by atoms with van der Waals surface area (Å²) in [5.74, 6) is 0.958. The number of sulfone groups is 1. The van der Waals surface area contributed by atoms with Crippen molar-refractivity contribution in [1.29, 1.82) is 0 Å². The first-order valence-corrected chi connectivity index (χ1v) is 8.49. The van der Waals surface area contributed by atoms with Crippen molar-refractivity contribution < 1.29 is 8.42 Å². The van der Waals surface area contributed by atoms with Gasteiger partial charge in [-0.05, 0) is 46.0 Å². The van der Waals surface area contributed by atoms with Crippen LogP contribution in [0.5, 0.6) is 0 Å². The topological polar surface area (TPSA) is 34.1 Å². The molecule has 1 atom stereocenters. The van der Waals surface area contributed by atoms with E-state index < -0.39 is 14.6 Å². The van der Waals surface area contributed by atoms with Crippen LogP contribution in [0.2, 0.25) is 0 Å². The molecule has 0 amide bonds. The molecule has 0 radical (unpaired) electrons. The van der Waals surface area contributed by atoms with Gasteiger partial charge in [-0.2, -0.15) is 0 Å². The van der Waals surface area contributed by atoms with Crippen molar-refractivity contribution in [2.45, 2.75) is 63.5 Å². The van der Waals surface area contributed by atoms with Crippen molar-refractivity contribution >= 4 is 25.8 Å². The van der Waals surface area contributed by atoms with Crippen molar-refractivity contribution in [1.82, 2.24) is 0 Å². The van der Waals surface area contributed by atoms with Crippen LogP contribution in [0.1, 0.15) is 53.9 Å². The summed E-state index contributed by atoms with van der Waals surface area (Å²) in [6, 6.07) is 0. The standard InChI is InChI=1S/C12H25BrO2S/c1-10(2)9-11(13)7-6-8-16(14,15)12(3,4)5/h10-11H,6-9H2,1-5H3. The third kappa shape index (κ3) is 6.24. The van der Waals surface area contributed by atoms with Gasteiger partial charge in [-0.25, -0.2) is 8.42 Å². The van der Waals surface area contributed by atoms with Gasteiger partial charge in [0.1, 0.15) is 0 Å². The Bertz CT molecular complexity index is 289. The largest absolute Gasteiger partial charge is 0.228 e. The summed E-state index contributed by atoms with van der Waals surface area (Å²) in [5.41, 5.74) is 0. The zero-order valence-corrected chi connectivity index (χ0v) is 13.5. The van der Waals surface area contributed by atoms with Crippen LogP contribution in [0.4, 0.5) is 0 Å². The Labute approximate surface area is 109 Å². The van der Waals surface area contributed by atoms with Gasteiger partial charge < -0.3 is 0 Å². The van der Waals surface area contributed by atoms with Gasteiger partial charge >= 0.3 is 0 Å².